The Kier molecular flexibility index (Phi) is 4.56. The highest BCUT2D eigenvalue weighted by molar-refractivity contribution is 5.31. The third-order valence-corrected chi connectivity index (χ3v) is 5.47. The lowest BCUT2D eigenvalue weighted by atomic mass is 9.97. The molecule has 0 unspecified atom stereocenters. The van der Waals surface area contributed by atoms with Crippen LogP contribution in [0.25, 0.3) is 0 Å². The number of rotatable bonds is 13. The van der Waals surface area contributed by atoms with Gasteiger partial charge in [-0.05, 0) is 41.0 Å². The number of benzene rings is 4. The summed E-state index contributed by atoms with van der Waals surface area (Å²) >= 11 is 0. The van der Waals surface area contributed by atoms with Crippen molar-refractivity contribution in [1.29, 1.82) is 0 Å². The standard InChI is InChI=1S/C34H36O7/c1-36-28-17-19-29(20-18-28)40-34-33(39-24-27-15-9-4-10-16-27)32(38-23-26-13-7-3-8-14-26)31(30(21-35)41-34)37-22-25-11-5-2-6-12-25/h2-20,30-35H,21-24H2,1H3/t30-,31-,32+,33-,34-/m1/s1/i2D,3D,4D,5D,6D,7D,8D,9D,10D,11D,12D,13D,14D,15D,16D,22D2,23D2,24D2. The number of methoxy groups -OCH3 is 1. The monoisotopic (exact) mass is 577 g/mol. The van der Waals surface area contributed by atoms with Gasteiger partial charge in [0, 0.05) is 0 Å². The number of aliphatic hydroxyl groups is 1. The largest absolute Gasteiger partial charge is 0.497 e. The first-order chi connectivity index (χ1) is 28.6. The van der Waals surface area contributed by atoms with Gasteiger partial charge < -0.3 is 33.5 Å². The highest BCUT2D eigenvalue weighted by atomic mass is 16.7. The van der Waals surface area contributed by atoms with E-state index in [1.165, 1.54) is 31.4 Å². The first-order valence-corrected chi connectivity index (χ1v) is 12.0. The lowest BCUT2D eigenvalue weighted by Gasteiger charge is -2.45. The number of ether oxygens (including phenoxy) is 6. The molecule has 0 amide bonds. The average molecular weight is 578 g/mol. The summed E-state index contributed by atoms with van der Waals surface area (Å²) in [6.45, 7) is -11.9. The van der Waals surface area contributed by atoms with Crippen LogP contribution in [0.2, 0.25) is 0 Å². The second-order valence-electron chi connectivity index (χ2n) is 8.07. The van der Waals surface area contributed by atoms with E-state index in [1.54, 1.807) is 0 Å². The molecule has 0 spiro atoms. The van der Waals surface area contributed by atoms with E-state index in [4.69, 9.17) is 57.2 Å². The van der Waals surface area contributed by atoms with Crippen LogP contribution in [-0.2, 0) is 38.6 Å². The maximum absolute atomic E-state index is 10.7. The Morgan fingerprint density at radius 2 is 1.10 bits per heavy atom. The van der Waals surface area contributed by atoms with Gasteiger partial charge in [0.05, 0.1) is 62.2 Å². The third kappa shape index (κ3) is 7.94. The van der Waals surface area contributed by atoms with Gasteiger partial charge >= 0.3 is 0 Å². The smallest absolute Gasteiger partial charge is 0.229 e. The summed E-state index contributed by atoms with van der Waals surface area (Å²) in [5.74, 6) is 0.197. The van der Waals surface area contributed by atoms with Crippen molar-refractivity contribution in [3.63, 3.8) is 0 Å². The number of hydrogen-bond donors (Lipinski definition) is 1. The van der Waals surface area contributed by atoms with Crippen LogP contribution >= 0.6 is 0 Å². The van der Waals surface area contributed by atoms with E-state index in [0.29, 0.717) is 5.75 Å². The van der Waals surface area contributed by atoms with Crippen LogP contribution in [0.15, 0.2) is 115 Å². The maximum atomic E-state index is 10.7. The third-order valence-electron chi connectivity index (χ3n) is 5.47. The van der Waals surface area contributed by atoms with Crippen LogP contribution in [0.3, 0.4) is 0 Å². The van der Waals surface area contributed by atoms with Crippen molar-refractivity contribution >= 4 is 0 Å². The summed E-state index contributed by atoms with van der Waals surface area (Å²) in [6.07, 6.45) is -11.4. The van der Waals surface area contributed by atoms with Crippen LogP contribution in [0.4, 0.5) is 0 Å². The fraction of sp³-hybridized carbons (Fsp3) is 0.294. The van der Waals surface area contributed by atoms with Crippen molar-refractivity contribution in [2.45, 2.75) is 50.4 Å². The zero-order valence-electron chi connectivity index (χ0n) is 42.3. The molecule has 4 aromatic carbocycles. The van der Waals surface area contributed by atoms with Crippen molar-refractivity contribution in [2.75, 3.05) is 13.7 Å². The first kappa shape index (κ1) is 12.7. The minimum Gasteiger partial charge on any atom is -0.497 e. The quantitative estimate of drug-likeness (QED) is 0.223. The predicted molar refractivity (Wildman–Crippen MR) is 154 cm³/mol. The maximum Gasteiger partial charge on any atom is 0.229 e. The molecule has 4 aromatic rings. The summed E-state index contributed by atoms with van der Waals surface area (Å²) in [5.41, 5.74) is -3.38. The number of aliphatic hydroxyl groups excluding tert-OH is 1. The van der Waals surface area contributed by atoms with Gasteiger partial charge in [0.2, 0.25) is 6.29 Å². The van der Waals surface area contributed by atoms with Crippen molar-refractivity contribution in [2.24, 2.45) is 0 Å². The minimum atomic E-state index is -3.61. The topological polar surface area (TPSA) is 75.6 Å². The van der Waals surface area contributed by atoms with E-state index in [1.807, 2.05) is 0 Å². The molecule has 0 saturated carbocycles. The Labute approximate surface area is 270 Å². The zero-order chi connectivity index (χ0) is 46.7. The summed E-state index contributed by atoms with van der Waals surface area (Å²) < 4.78 is 212. The Balaban J connectivity index is 1.80. The Hall–Kier alpha value is -3.72. The molecule has 1 aliphatic rings. The molecule has 0 aliphatic carbocycles. The summed E-state index contributed by atoms with van der Waals surface area (Å²) in [6, 6.07) is -10.1. The minimum absolute atomic E-state index is 0.120. The summed E-state index contributed by atoms with van der Waals surface area (Å²) in [7, 11) is 1.35. The van der Waals surface area contributed by atoms with Gasteiger partial charge in [-0.1, -0.05) is 90.6 Å². The lowest BCUT2D eigenvalue weighted by molar-refractivity contribution is -0.308. The summed E-state index contributed by atoms with van der Waals surface area (Å²) in [4.78, 5) is 0. The molecule has 214 valence electrons. The Morgan fingerprint density at radius 3 is 1.56 bits per heavy atom. The molecule has 1 heterocycles. The van der Waals surface area contributed by atoms with E-state index in [-0.39, 0.29) is 5.75 Å². The molecule has 41 heavy (non-hydrogen) atoms. The fourth-order valence-electron chi connectivity index (χ4n) is 3.59. The lowest BCUT2D eigenvalue weighted by Crippen LogP contribution is -2.62. The second-order valence-corrected chi connectivity index (χ2v) is 8.07. The van der Waals surface area contributed by atoms with Gasteiger partial charge in [-0.25, -0.2) is 0 Å². The van der Waals surface area contributed by atoms with Gasteiger partial charge in [0.25, 0.3) is 0 Å². The predicted octanol–water partition coefficient (Wildman–Crippen LogP) is 5.55. The van der Waals surface area contributed by atoms with E-state index >= 15 is 0 Å². The van der Waals surface area contributed by atoms with E-state index < -0.39 is 164 Å². The van der Waals surface area contributed by atoms with E-state index in [0.717, 1.165) is 0 Å². The Bertz CT molecular complexity index is 2280. The summed E-state index contributed by atoms with van der Waals surface area (Å²) in [5, 5.41) is 10.7. The van der Waals surface area contributed by atoms with Crippen molar-refractivity contribution in [3.8, 4) is 11.5 Å². The van der Waals surface area contributed by atoms with Crippen molar-refractivity contribution in [1.82, 2.24) is 0 Å². The highest BCUT2D eigenvalue weighted by Gasteiger charge is 2.49. The van der Waals surface area contributed by atoms with Gasteiger partial charge in [0.15, 0.2) is 0 Å². The fourth-order valence-corrected chi connectivity index (χ4v) is 3.59. The van der Waals surface area contributed by atoms with Crippen molar-refractivity contribution < 1.29 is 62.3 Å². The van der Waals surface area contributed by atoms with Crippen LogP contribution in [-0.4, -0.2) is 49.5 Å². The molecular weight excluding hydrogens is 520 g/mol. The van der Waals surface area contributed by atoms with Crippen molar-refractivity contribution in [3.05, 3.63) is 132 Å². The highest BCUT2D eigenvalue weighted by Crippen LogP contribution is 2.32. The molecule has 0 aromatic heterocycles. The van der Waals surface area contributed by atoms with Crippen LogP contribution < -0.4 is 9.47 Å². The molecule has 1 fully saturated rings. The molecular formula is C34H36O7. The average Bonchev–Trinajstić information content (AvgIpc) is 3.21. The van der Waals surface area contributed by atoms with Crippen LogP contribution in [0.1, 0.15) is 45.5 Å². The molecule has 0 bridgehead atoms. The second kappa shape index (κ2) is 14.8. The first-order valence-electron chi connectivity index (χ1n) is 22.5. The van der Waals surface area contributed by atoms with Gasteiger partial charge in [-0.2, -0.15) is 0 Å². The molecule has 1 N–H and O–H groups in total. The molecule has 7 heteroatoms. The number of hydrogen-bond acceptors (Lipinski definition) is 7. The SMILES string of the molecule is [2H]c1c([2H])c([2H])c(C([2H])([2H])O[C@@H]2[C@@H](OC([2H])([2H])c3c([2H])c([2H])c([2H])c([2H])c3[2H])[C@H](Oc3ccc(OC)cc3)O[C@H](CO)[C@H]2OC([2H])([2H])c2c([2H])c([2H])c([2H])c([2H])c2[2H])c([2H])c1[2H]. The molecule has 5 atom stereocenters. The van der Waals surface area contributed by atoms with E-state index in [2.05, 4.69) is 0 Å². The normalized spacial score (nSPS) is 30.6. The van der Waals surface area contributed by atoms with Gasteiger partial charge in [0.1, 0.15) is 35.9 Å². The zero-order valence-corrected chi connectivity index (χ0v) is 21.3. The van der Waals surface area contributed by atoms with E-state index in [9.17, 15) is 5.11 Å². The molecule has 5 rings (SSSR count). The molecule has 1 saturated heterocycles. The Morgan fingerprint density at radius 1 is 0.659 bits per heavy atom. The molecule has 7 nitrogen and oxygen atoms in total. The van der Waals surface area contributed by atoms with Gasteiger partial charge in [-0.3, -0.25) is 0 Å². The van der Waals surface area contributed by atoms with Crippen LogP contribution in [0, 0.1) is 0 Å². The van der Waals surface area contributed by atoms with Gasteiger partial charge in [-0.15, -0.1) is 0 Å². The molecule has 0 radical (unpaired) electrons. The molecule has 1 aliphatic heterocycles. The van der Waals surface area contributed by atoms with Crippen LogP contribution in [0.5, 0.6) is 11.5 Å².